The van der Waals surface area contributed by atoms with Gasteiger partial charge in [0.05, 0.1) is 5.69 Å². The maximum absolute atomic E-state index is 12.9. The summed E-state index contributed by atoms with van der Waals surface area (Å²) in [5.74, 6) is -1.75. The minimum Gasteiger partial charge on any atom is -0.431 e. The van der Waals surface area contributed by atoms with E-state index in [1.165, 1.54) is 12.1 Å². The van der Waals surface area contributed by atoms with E-state index in [0.29, 0.717) is 0 Å². The predicted molar refractivity (Wildman–Crippen MR) is 41.8 cm³/mol. The molecule has 14 heavy (non-hydrogen) atoms. The van der Waals surface area contributed by atoms with Crippen LogP contribution < -0.4 is 4.74 Å². The zero-order valence-corrected chi connectivity index (χ0v) is 6.69. The molecule has 0 fully saturated rings. The molecule has 0 saturated heterocycles. The summed E-state index contributed by atoms with van der Waals surface area (Å²) in [6, 6.07) is 3.31. The molecule has 0 saturated carbocycles. The molecule has 0 N–H and O–H groups in total. The summed E-state index contributed by atoms with van der Waals surface area (Å²) < 4.78 is 40.3. The Balaban J connectivity index is 3.14. The summed E-state index contributed by atoms with van der Waals surface area (Å²) in [7, 11) is 0. The second-order valence-electron chi connectivity index (χ2n) is 2.16. The number of para-hydroxylation sites is 1. The van der Waals surface area contributed by atoms with Crippen molar-refractivity contribution in [3.05, 3.63) is 34.5 Å². The molecular weight excluding hydrogens is 199 g/mol. The fourth-order valence-electron chi connectivity index (χ4n) is 0.830. The lowest BCUT2D eigenvalue weighted by Crippen LogP contribution is -2.03. The summed E-state index contributed by atoms with van der Waals surface area (Å²) in [5, 5.41) is 3.00. The van der Waals surface area contributed by atoms with Gasteiger partial charge in [-0.2, -0.15) is 8.78 Å². The number of hydrogen-bond acceptors (Lipinski definition) is 2. The molecule has 0 atom stereocenters. The monoisotopic (exact) mass is 203 g/mol. The summed E-state index contributed by atoms with van der Waals surface area (Å²) in [6.07, 6.45) is 0. The molecule has 1 aromatic rings. The third-order valence-electron chi connectivity index (χ3n) is 1.31. The van der Waals surface area contributed by atoms with E-state index in [4.69, 9.17) is 5.53 Å². The molecule has 0 heterocycles. The standard InChI is InChI=1S/C7H4F3N3O/c8-4-2-1-3-5(12-13-11)6(4)14-7(9)10/h1-3,7H. The minimum atomic E-state index is -3.17. The van der Waals surface area contributed by atoms with Crippen molar-refractivity contribution in [2.45, 2.75) is 6.61 Å². The van der Waals surface area contributed by atoms with Gasteiger partial charge in [0.1, 0.15) is 0 Å². The maximum atomic E-state index is 12.9. The highest BCUT2D eigenvalue weighted by atomic mass is 19.3. The van der Waals surface area contributed by atoms with Crippen molar-refractivity contribution in [2.24, 2.45) is 5.11 Å². The lowest BCUT2D eigenvalue weighted by atomic mass is 10.3. The van der Waals surface area contributed by atoms with Crippen LogP contribution in [-0.4, -0.2) is 6.61 Å². The lowest BCUT2D eigenvalue weighted by Gasteiger charge is -2.07. The third kappa shape index (κ3) is 2.30. The average Bonchev–Trinajstić information content (AvgIpc) is 2.11. The fraction of sp³-hybridized carbons (Fsp3) is 0.143. The molecule has 0 spiro atoms. The summed E-state index contributed by atoms with van der Waals surface area (Å²) >= 11 is 0. The van der Waals surface area contributed by atoms with E-state index in [0.717, 1.165) is 6.07 Å². The molecular formula is C7H4F3N3O. The molecule has 0 radical (unpaired) electrons. The molecule has 0 amide bonds. The van der Waals surface area contributed by atoms with E-state index in [9.17, 15) is 13.2 Å². The molecule has 0 aliphatic rings. The van der Waals surface area contributed by atoms with Gasteiger partial charge in [-0.05, 0) is 17.7 Å². The zero-order chi connectivity index (χ0) is 10.6. The van der Waals surface area contributed by atoms with E-state index in [1.807, 2.05) is 0 Å². The zero-order valence-electron chi connectivity index (χ0n) is 6.69. The van der Waals surface area contributed by atoms with Gasteiger partial charge in [0, 0.05) is 4.91 Å². The van der Waals surface area contributed by atoms with Crippen molar-refractivity contribution < 1.29 is 17.9 Å². The smallest absolute Gasteiger partial charge is 0.387 e. The summed E-state index contributed by atoms with van der Waals surface area (Å²) in [4.78, 5) is 2.35. The Morgan fingerprint density at radius 3 is 2.71 bits per heavy atom. The van der Waals surface area contributed by atoms with Crippen molar-refractivity contribution in [1.82, 2.24) is 0 Å². The Kier molecular flexibility index (Phi) is 3.19. The molecule has 7 heteroatoms. The first-order valence-corrected chi connectivity index (χ1v) is 3.43. The molecule has 74 valence electrons. The van der Waals surface area contributed by atoms with E-state index in [2.05, 4.69) is 14.8 Å². The SMILES string of the molecule is [N-]=[N+]=Nc1cccc(F)c1OC(F)F. The van der Waals surface area contributed by atoms with Crippen LogP contribution in [0.25, 0.3) is 10.4 Å². The Morgan fingerprint density at radius 1 is 1.43 bits per heavy atom. The first-order valence-electron chi connectivity index (χ1n) is 3.43. The van der Waals surface area contributed by atoms with E-state index in [1.54, 1.807) is 0 Å². The van der Waals surface area contributed by atoms with Crippen molar-refractivity contribution in [1.29, 1.82) is 0 Å². The van der Waals surface area contributed by atoms with Crippen molar-refractivity contribution in [3.63, 3.8) is 0 Å². The number of benzene rings is 1. The predicted octanol–water partition coefficient (Wildman–Crippen LogP) is 3.37. The van der Waals surface area contributed by atoms with Crippen LogP contribution in [0.3, 0.4) is 0 Å². The Bertz CT molecular complexity index is 376. The normalized spacial score (nSPS) is 9.71. The third-order valence-corrected chi connectivity index (χ3v) is 1.31. The maximum Gasteiger partial charge on any atom is 0.387 e. The van der Waals surface area contributed by atoms with Gasteiger partial charge in [0.15, 0.2) is 11.6 Å². The molecule has 0 aromatic heterocycles. The number of halogens is 3. The number of nitrogens with zero attached hydrogens (tertiary/aromatic N) is 3. The van der Waals surface area contributed by atoms with Crippen molar-refractivity contribution in [3.8, 4) is 5.75 Å². The van der Waals surface area contributed by atoms with Gasteiger partial charge in [0.2, 0.25) is 0 Å². The quantitative estimate of drug-likeness (QED) is 0.422. The van der Waals surface area contributed by atoms with Gasteiger partial charge in [-0.1, -0.05) is 11.2 Å². The first-order chi connectivity index (χ1) is 6.65. The van der Waals surface area contributed by atoms with E-state index < -0.39 is 18.2 Å². The second kappa shape index (κ2) is 4.38. The fourth-order valence-corrected chi connectivity index (χ4v) is 0.830. The van der Waals surface area contributed by atoms with E-state index in [-0.39, 0.29) is 5.69 Å². The topological polar surface area (TPSA) is 58.0 Å². The van der Waals surface area contributed by atoms with Gasteiger partial charge in [-0.15, -0.1) is 0 Å². The first kappa shape index (κ1) is 10.2. The van der Waals surface area contributed by atoms with Crippen LogP contribution in [0.1, 0.15) is 0 Å². The van der Waals surface area contributed by atoms with Gasteiger partial charge < -0.3 is 4.74 Å². The van der Waals surface area contributed by atoms with E-state index >= 15 is 0 Å². The Hall–Kier alpha value is -1.88. The molecule has 1 rings (SSSR count). The molecule has 0 aliphatic carbocycles. The molecule has 0 unspecified atom stereocenters. The van der Waals surface area contributed by atoms with Gasteiger partial charge in [-0.25, -0.2) is 4.39 Å². The largest absolute Gasteiger partial charge is 0.431 e. The van der Waals surface area contributed by atoms with Gasteiger partial charge in [0.25, 0.3) is 0 Å². The second-order valence-corrected chi connectivity index (χ2v) is 2.16. The highest BCUT2D eigenvalue weighted by Crippen LogP contribution is 2.31. The molecule has 4 nitrogen and oxygen atoms in total. The average molecular weight is 203 g/mol. The van der Waals surface area contributed by atoms with Crippen molar-refractivity contribution >= 4 is 5.69 Å². The Labute approximate surface area is 76.5 Å². The highest BCUT2D eigenvalue weighted by molar-refractivity contribution is 5.52. The lowest BCUT2D eigenvalue weighted by molar-refractivity contribution is -0.0517. The number of ether oxygens (including phenoxy) is 1. The summed E-state index contributed by atoms with van der Waals surface area (Å²) in [6.45, 7) is -3.17. The van der Waals surface area contributed by atoms with Crippen LogP contribution in [0.2, 0.25) is 0 Å². The van der Waals surface area contributed by atoms with Crippen LogP contribution >= 0.6 is 0 Å². The highest BCUT2D eigenvalue weighted by Gasteiger charge is 2.13. The molecule has 1 aromatic carbocycles. The Morgan fingerprint density at radius 2 is 2.14 bits per heavy atom. The number of rotatable bonds is 3. The molecule has 0 bridgehead atoms. The van der Waals surface area contributed by atoms with Crippen LogP contribution in [0.5, 0.6) is 5.75 Å². The van der Waals surface area contributed by atoms with Crippen LogP contribution in [0.4, 0.5) is 18.9 Å². The van der Waals surface area contributed by atoms with Crippen LogP contribution in [-0.2, 0) is 0 Å². The number of alkyl halides is 2. The number of hydrogen-bond donors (Lipinski definition) is 0. The molecule has 0 aliphatic heterocycles. The van der Waals surface area contributed by atoms with Gasteiger partial charge in [-0.3, -0.25) is 0 Å². The van der Waals surface area contributed by atoms with Crippen LogP contribution in [0, 0.1) is 5.82 Å². The van der Waals surface area contributed by atoms with Crippen molar-refractivity contribution in [2.75, 3.05) is 0 Å². The summed E-state index contributed by atoms with van der Waals surface area (Å²) in [5.41, 5.74) is 7.75. The minimum absolute atomic E-state index is 0.312. The number of azide groups is 1. The van der Waals surface area contributed by atoms with Crippen LogP contribution in [0.15, 0.2) is 23.3 Å². The van der Waals surface area contributed by atoms with Gasteiger partial charge >= 0.3 is 6.61 Å².